The van der Waals surface area contributed by atoms with E-state index < -0.39 is 0 Å². The number of nitrogens with zero attached hydrogens (tertiary/aromatic N) is 9. The van der Waals surface area contributed by atoms with E-state index in [9.17, 15) is 9.59 Å². The summed E-state index contributed by atoms with van der Waals surface area (Å²) in [7, 11) is 3.10. The van der Waals surface area contributed by atoms with E-state index in [2.05, 4.69) is 97.3 Å². The van der Waals surface area contributed by atoms with Gasteiger partial charge in [-0.25, -0.2) is 29.0 Å². The number of esters is 1. The molecule has 0 spiro atoms. The van der Waals surface area contributed by atoms with Crippen molar-refractivity contribution in [3.8, 4) is 0 Å². The van der Waals surface area contributed by atoms with E-state index in [0.29, 0.717) is 12.2 Å². The molecule has 3 rings (SSSR count). The Morgan fingerprint density at radius 1 is 0.642 bits per heavy atom. The van der Waals surface area contributed by atoms with Crippen LogP contribution in [0.5, 0.6) is 0 Å². The normalized spacial score (nSPS) is 11.4. The number of methoxy groups -OCH3 is 2. The molecule has 0 radical (unpaired) electrons. The molecule has 13 nitrogen and oxygen atoms in total. The van der Waals surface area contributed by atoms with Crippen molar-refractivity contribution >= 4 is 11.8 Å². The van der Waals surface area contributed by atoms with Crippen molar-refractivity contribution in [2.24, 2.45) is 10.8 Å². The predicted octanol–water partition coefficient (Wildman–Crippen LogP) is 9.39. The number of rotatable bonds is 1. The van der Waals surface area contributed by atoms with Crippen molar-refractivity contribution in [1.82, 2.24) is 44.3 Å². The molecule has 0 fully saturated rings. The molecular formula is C40H81N9O4. The molecule has 13 heteroatoms. The molecule has 0 aliphatic carbocycles. The smallest absolute Gasteiger partial charge is 0.310 e. The van der Waals surface area contributed by atoms with E-state index in [-0.39, 0.29) is 39.0 Å². The summed E-state index contributed by atoms with van der Waals surface area (Å²) >= 11 is 0. The molecule has 0 atom stereocenters. The molecule has 0 aliphatic rings. The molecule has 0 aliphatic heterocycles. The standard InChI is InChI=1S/2C7H13N3.C7H14O.C6H11N3.C6H12O2.C5H12O.C2H6/c1-6-8-5-10(9-6)7(2,3)4;1-6-8-5-9-10(6)7(2,3)4;1-5-6(8)7(2,3)4;1-6(2,3)9-5-7-4-8-9;1-6(2,3)5(7)8-4;1-5(2,3)6-4;1-2/h2*5H,1-4H3;5H2,1-4H3;4-5H,1-3H3;1-4H3;1-4H3;1-2H3. The van der Waals surface area contributed by atoms with E-state index in [4.69, 9.17) is 4.74 Å². The Labute approximate surface area is 324 Å². The fraction of sp³-hybridized carbons (Fsp3) is 0.800. The summed E-state index contributed by atoms with van der Waals surface area (Å²) in [6.07, 6.45) is 7.27. The summed E-state index contributed by atoms with van der Waals surface area (Å²) in [6.45, 7) is 46.0. The zero-order chi connectivity index (χ0) is 43.2. The first-order valence-electron chi connectivity index (χ1n) is 18.4. The highest BCUT2D eigenvalue weighted by Crippen LogP contribution is 2.16. The minimum atomic E-state index is -0.352. The quantitative estimate of drug-likeness (QED) is 0.221. The lowest BCUT2D eigenvalue weighted by molar-refractivity contribution is -0.149. The summed E-state index contributed by atoms with van der Waals surface area (Å²) < 4.78 is 15.0. The second-order valence-electron chi connectivity index (χ2n) is 17.9. The predicted molar refractivity (Wildman–Crippen MR) is 219 cm³/mol. The molecule has 3 aromatic heterocycles. The minimum absolute atomic E-state index is 0.0417. The average Bonchev–Trinajstić information content (AvgIpc) is 3.80. The zero-order valence-corrected chi connectivity index (χ0v) is 38.7. The third-order valence-electron chi connectivity index (χ3n) is 6.32. The number of aromatic nitrogens is 9. The largest absolute Gasteiger partial charge is 0.469 e. The number of ketones is 1. The van der Waals surface area contributed by atoms with Crippen LogP contribution in [-0.2, 0) is 35.7 Å². The molecule has 310 valence electrons. The second-order valence-corrected chi connectivity index (χ2v) is 17.9. The van der Waals surface area contributed by atoms with Crippen LogP contribution in [0.25, 0.3) is 0 Å². The van der Waals surface area contributed by atoms with Crippen LogP contribution in [0.1, 0.15) is 163 Å². The Bertz CT molecular complexity index is 1330. The molecular weight excluding hydrogens is 670 g/mol. The lowest BCUT2D eigenvalue weighted by Gasteiger charge is -2.19. The second kappa shape index (κ2) is 24.8. The number of hydrogen-bond acceptors (Lipinski definition) is 10. The molecule has 0 aromatic carbocycles. The first kappa shape index (κ1) is 56.3. The van der Waals surface area contributed by atoms with Crippen molar-refractivity contribution in [1.29, 1.82) is 0 Å². The molecule has 3 aromatic rings. The Hall–Kier alpha value is -3.48. The van der Waals surface area contributed by atoms with Crippen LogP contribution in [0.2, 0.25) is 0 Å². The molecule has 0 bridgehead atoms. The van der Waals surface area contributed by atoms with Crippen LogP contribution >= 0.6 is 0 Å². The van der Waals surface area contributed by atoms with Gasteiger partial charge in [0.25, 0.3) is 0 Å². The van der Waals surface area contributed by atoms with Gasteiger partial charge in [0.15, 0.2) is 0 Å². The van der Waals surface area contributed by atoms with E-state index in [1.165, 1.54) is 7.11 Å². The van der Waals surface area contributed by atoms with Gasteiger partial charge in [0.2, 0.25) is 0 Å². The minimum Gasteiger partial charge on any atom is -0.469 e. The number of carbonyl (C=O) groups is 2. The van der Waals surface area contributed by atoms with Crippen molar-refractivity contribution in [3.05, 3.63) is 37.0 Å². The summed E-state index contributed by atoms with van der Waals surface area (Å²) in [4.78, 5) is 33.4. The molecule has 0 amide bonds. The van der Waals surface area contributed by atoms with Gasteiger partial charge >= 0.3 is 5.97 Å². The van der Waals surface area contributed by atoms with Crippen molar-refractivity contribution in [2.45, 2.75) is 188 Å². The van der Waals surface area contributed by atoms with Gasteiger partial charge in [0, 0.05) is 18.9 Å². The summed E-state index contributed by atoms with van der Waals surface area (Å²) in [6, 6.07) is 0. The molecule has 53 heavy (non-hydrogen) atoms. The van der Waals surface area contributed by atoms with Gasteiger partial charge < -0.3 is 9.47 Å². The van der Waals surface area contributed by atoms with Gasteiger partial charge in [-0.15, -0.1) is 0 Å². The van der Waals surface area contributed by atoms with Gasteiger partial charge in [0.05, 0.1) is 34.7 Å². The van der Waals surface area contributed by atoms with Crippen LogP contribution in [-0.4, -0.2) is 75.9 Å². The molecule has 0 N–H and O–H groups in total. The fourth-order valence-corrected chi connectivity index (χ4v) is 3.02. The highest BCUT2D eigenvalue weighted by Gasteiger charge is 2.21. The summed E-state index contributed by atoms with van der Waals surface area (Å²) in [5.41, 5.74) is -0.262. The third kappa shape index (κ3) is 29.6. The van der Waals surface area contributed by atoms with Crippen molar-refractivity contribution in [3.63, 3.8) is 0 Å². The Morgan fingerprint density at radius 2 is 1.09 bits per heavy atom. The lowest BCUT2D eigenvalue weighted by Crippen LogP contribution is -2.24. The Morgan fingerprint density at radius 3 is 1.21 bits per heavy atom. The van der Waals surface area contributed by atoms with Gasteiger partial charge in [-0.05, 0) is 118 Å². The maximum Gasteiger partial charge on any atom is 0.310 e. The first-order valence-corrected chi connectivity index (χ1v) is 18.4. The third-order valence-corrected chi connectivity index (χ3v) is 6.32. The van der Waals surface area contributed by atoms with Crippen LogP contribution in [0, 0.1) is 24.7 Å². The number of carbonyl (C=O) groups excluding carboxylic acids is 2. The monoisotopic (exact) mass is 752 g/mol. The van der Waals surface area contributed by atoms with Gasteiger partial charge in [-0.2, -0.15) is 15.3 Å². The summed E-state index contributed by atoms with van der Waals surface area (Å²) in [5, 5.41) is 12.3. The number of hydrogen-bond donors (Lipinski definition) is 0. The summed E-state index contributed by atoms with van der Waals surface area (Å²) in [5.74, 6) is 1.96. The maximum absolute atomic E-state index is 10.8. The molecule has 0 saturated heterocycles. The molecule has 0 saturated carbocycles. The SMILES string of the molecule is CC.CC(C)(C)n1cncn1.CCC(=O)C(C)(C)C.COC(=O)C(C)(C)C.COC(C)(C)C.Cc1ncn(C(C)(C)C)n1.Cc1ncnn1C(C)(C)C. The highest BCUT2D eigenvalue weighted by molar-refractivity contribution is 5.83. The number of ether oxygens (including phenoxy) is 2. The van der Waals surface area contributed by atoms with Gasteiger partial charge in [-0.3, -0.25) is 9.59 Å². The lowest BCUT2D eigenvalue weighted by atomic mass is 9.90. The maximum atomic E-state index is 10.8. The van der Waals surface area contributed by atoms with Crippen molar-refractivity contribution < 1.29 is 19.1 Å². The van der Waals surface area contributed by atoms with Gasteiger partial charge in [-0.1, -0.05) is 41.5 Å². The van der Waals surface area contributed by atoms with Crippen LogP contribution in [0.4, 0.5) is 0 Å². The zero-order valence-electron chi connectivity index (χ0n) is 38.7. The number of Topliss-reactive ketones (excluding diaryl/α,β-unsaturated/α-hetero) is 1. The van der Waals surface area contributed by atoms with Gasteiger partial charge in [0.1, 0.15) is 42.7 Å². The topological polar surface area (TPSA) is 145 Å². The van der Waals surface area contributed by atoms with E-state index >= 15 is 0 Å². The Kier molecular flexibility index (Phi) is 26.3. The van der Waals surface area contributed by atoms with Crippen molar-refractivity contribution in [2.75, 3.05) is 14.2 Å². The van der Waals surface area contributed by atoms with E-state index in [1.807, 2.05) is 111 Å². The van der Waals surface area contributed by atoms with Crippen LogP contribution in [0.3, 0.4) is 0 Å². The Balaban J connectivity index is -0.000000271. The number of aryl methyl sites for hydroxylation is 2. The van der Waals surface area contributed by atoms with Crippen LogP contribution in [0.15, 0.2) is 25.3 Å². The van der Waals surface area contributed by atoms with Crippen LogP contribution < -0.4 is 0 Å². The average molecular weight is 752 g/mol. The van der Waals surface area contributed by atoms with E-state index in [1.54, 1.807) is 32.4 Å². The van der Waals surface area contributed by atoms with E-state index in [0.717, 1.165) is 11.6 Å². The first-order chi connectivity index (χ1) is 23.6. The molecule has 0 unspecified atom stereocenters. The fourth-order valence-electron chi connectivity index (χ4n) is 3.02. The highest BCUT2D eigenvalue weighted by atomic mass is 16.5. The molecule has 3 heterocycles.